The number of hydrogen-bond donors (Lipinski definition) is 2. The highest BCUT2D eigenvalue weighted by Gasteiger charge is 2.19. The van der Waals surface area contributed by atoms with Gasteiger partial charge in [0, 0.05) is 19.2 Å². The Morgan fingerprint density at radius 1 is 1.17 bits per heavy atom. The maximum absolute atomic E-state index is 13.7. The van der Waals surface area contributed by atoms with Crippen molar-refractivity contribution in [1.29, 1.82) is 0 Å². The van der Waals surface area contributed by atoms with Crippen LogP contribution in [-0.2, 0) is 11.3 Å². The van der Waals surface area contributed by atoms with Crippen molar-refractivity contribution in [3.63, 3.8) is 0 Å². The average Bonchev–Trinajstić information content (AvgIpc) is 3.06. The Morgan fingerprint density at radius 2 is 1.97 bits per heavy atom. The Morgan fingerprint density at radius 3 is 2.70 bits per heavy atom. The lowest BCUT2D eigenvalue weighted by atomic mass is 10.1. The topological polar surface area (TPSA) is 90.9 Å². The standard InChI is InChI=1S/C21H20ClFN6O/c1-30-10-9-25-21-26-18(14-7-8-16(23)15(22)11-14)17-19(24)29(28-20(17)27-21)12-13-5-3-2-4-6-13/h2-8,11H,9-10,12,24H2,1H3,(H,25,27,28). The molecule has 0 aliphatic carbocycles. The molecule has 0 saturated carbocycles. The van der Waals surface area contributed by atoms with Gasteiger partial charge >= 0.3 is 0 Å². The normalized spacial score (nSPS) is 11.2. The van der Waals surface area contributed by atoms with Crippen LogP contribution in [0.1, 0.15) is 5.56 Å². The molecule has 0 aliphatic rings. The first-order chi connectivity index (χ1) is 14.6. The quantitative estimate of drug-likeness (QED) is 0.434. The van der Waals surface area contributed by atoms with E-state index < -0.39 is 5.82 Å². The van der Waals surface area contributed by atoms with Gasteiger partial charge in [0.15, 0.2) is 5.65 Å². The predicted octanol–water partition coefficient (Wildman–Crippen LogP) is 3.97. The molecule has 0 fully saturated rings. The summed E-state index contributed by atoms with van der Waals surface area (Å²) in [6.45, 7) is 1.49. The lowest BCUT2D eigenvalue weighted by Crippen LogP contribution is -2.10. The van der Waals surface area contributed by atoms with Crippen LogP contribution in [0.4, 0.5) is 16.2 Å². The molecule has 2 aromatic heterocycles. The summed E-state index contributed by atoms with van der Waals surface area (Å²) in [5.74, 6) is 0.295. The monoisotopic (exact) mass is 426 g/mol. The predicted molar refractivity (Wildman–Crippen MR) is 116 cm³/mol. The van der Waals surface area contributed by atoms with Gasteiger partial charge in [0.2, 0.25) is 5.95 Å². The molecule has 7 nitrogen and oxygen atoms in total. The van der Waals surface area contributed by atoms with Crippen molar-refractivity contribution in [1.82, 2.24) is 19.7 Å². The average molecular weight is 427 g/mol. The van der Waals surface area contributed by atoms with Crippen LogP contribution in [0.3, 0.4) is 0 Å². The highest BCUT2D eigenvalue weighted by molar-refractivity contribution is 6.31. The summed E-state index contributed by atoms with van der Waals surface area (Å²) in [5, 5.41) is 8.28. The van der Waals surface area contributed by atoms with E-state index in [0.717, 1.165) is 5.56 Å². The molecule has 9 heteroatoms. The molecule has 4 aromatic rings. The summed E-state index contributed by atoms with van der Waals surface area (Å²) >= 11 is 6.01. The molecular weight excluding hydrogens is 407 g/mol. The summed E-state index contributed by atoms with van der Waals surface area (Å²) in [7, 11) is 1.61. The SMILES string of the molecule is COCCNc1nc(-c2ccc(F)c(Cl)c2)c2c(N)n(Cc3ccccc3)nc2n1. The number of nitrogen functional groups attached to an aromatic ring is 1. The number of aromatic nitrogens is 4. The number of rotatable bonds is 7. The number of benzene rings is 2. The van der Waals surface area contributed by atoms with E-state index >= 15 is 0 Å². The number of anilines is 2. The van der Waals surface area contributed by atoms with Gasteiger partial charge in [0.05, 0.1) is 29.3 Å². The number of nitrogens with zero attached hydrogens (tertiary/aromatic N) is 4. The van der Waals surface area contributed by atoms with E-state index in [1.807, 2.05) is 30.3 Å². The lowest BCUT2D eigenvalue weighted by molar-refractivity contribution is 0.210. The largest absolute Gasteiger partial charge is 0.383 e. The maximum atomic E-state index is 13.7. The maximum Gasteiger partial charge on any atom is 0.225 e. The number of fused-ring (bicyclic) bond motifs is 1. The molecule has 0 atom stereocenters. The number of ether oxygens (including phenoxy) is 1. The third kappa shape index (κ3) is 4.05. The van der Waals surface area contributed by atoms with Gasteiger partial charge in [-0.05, 0) is 23.8 Å². The van der Waals surface area contributed by atoms with Crippen LogP contribution < -0.4 is 11.1 Å². The zero-order valence-corrected chi connectivity index (χ0v) is 17.0. The van der Waals surface area contributed by atoms with Crippen molar-refractivity contribution in [2.45, 2.75) is 6.54 Å². The van der Waals surface area contributed by atoms with Crippen molar-refractivity contribution in [2.24, 2.45) is 0 Å². The second kappa shape index (κ2) is 8.64. The van der Waals surface area contributed by atoms with E-state index in [1.54, 1.807) is 17.9 Å². The molecule has 0 bridgehead atoms. The Labute approximate surface area is 177 Å². The first kappa shape index (κ1) is 20.1. The van der Waals surface area contributed by atoms with Gasteiger partial charge < -0.3 is 15.8 Å². The van der Waals surface area contributed by atoms with Crippen molar-refractivity contribution in [2.75, 3.05) is 31.3 Å². The van der Waals surface area contributed by atoms with Crippen molar-refractivity contribution < 1.29 is 9.13 Å². The fraction of sp³-hybridized carbons (Fsp3) is 0.190. The summed E-state index contributed by atoms with van der Waals surface area (Å²) in [6.07, 6.45) is 0. The smallest absolute Gasteiger partial charge is 0.225 e. The molecule has 0 spiro atoms. The summed E-state index contributed by atoms with van der Waals surface area (Å²) in [6, 6.07) is 14.3. The third-order valence-electron chi connectivity index (χ3n) is 4.60. The van der Waals surface area contributed by atoms with E-state index in [2.05, 4.69) is 20.4 Å². The highest BCUT2D eigenvalue weighted by atomic mass is 35.5. The number of halogens is 2. The molecule has 0 radical (unpaired) electrons. The Hall–Kier alpha value is -3.23. The molecule has 2 heterocycles. The van der Waals surface area contributed by atoms with Crippen LogP contribution >= 0.6 is 11.6 Å². The van der Waals surface area contributed by atoms with Crippen LogP contribution in [0.5, 0.6) is 0 Å². The van der Waals surface area contributed by atoms with E-state index in [9.17, 15) is 4.39 Å². The minimum Gasteiger partial charge on any atom is -0.383 e. The summed E-state index contributed by atoms with van der Waals surface area (Å²) in [5.41, 5.74) is 9.07. The second-order valence-electron chi connectivity index (χ2n) is 6.67. The molecule has 3 N–H and O–H groups in total. The first-order valence-corrected chi connectivity index (χ1v) is 9.71. The molecule has 154 valence electrons. The molecular formula is C21H20ClFN6O. The van der Waals surface area contributed by atoms with Crippen molar-refractivity contribution >= 4 is 34.4 Å². The van der Waals surface area contributed by atoms with Gasteiger partial charge in [0.25, 0.3) is 0 Å². The van der Waals surface area contributed by atoms with Gasteiger partial charge in [0.1, 0.15) is 11.6 Å². The van der Waals surface area contributed by atoms with Crippen LogP contribution in [-0.4, -0.2) is 40.0 Å². The fourth-order valence-corrected chi connectivity index (χ4v) is 3.31. The lowest BCUT2D eigenvalue weighted by Gasteiger charge is -2.09. The molecule has 4 rings (SSSR count). The van der Waals surface area contributed by atoms with Crippen LogP contribution in [0, 0.1) is 5.82 Å². The first-order valence-electron chi connectivity index (χ1n) is 9.33. The van der Waals surface area contributed by atoms with Crippen LogP contribution in [0.25, 0.3) is 22.3 Å². The number of nitrogens with one attached hydrogen (secondary N) is 1. The second-order valence-corrected chi connectivity index (χ2v) is 7.08. The molecule has 0 unspecified atom stereocenters. The third-order valence-corrected chi connectivity index (χ3v) is 4.89. The summed E-state index contributed by atoms with van der Waals surface area (Å²) < 4.78 is 20.5. The van der Waals surface area contributed by atoms with E-state index in [-0.39, 0.29) is 5.02 Å². The number of hydrogen-bond acceptors (Lipinski definition) is 6. The molecule has 0 saturated heterocycles. The molecule has 0 amide bonds. The zero-order chi connectivity index (χ0) is 21.1. The van der Waals surface area contributed by atoms with Gasteiger partial charge in [-0.3, -0.25) is 0 Å². The molecule has 2 aromatic carbocycles. The van der Waals surface area contributed by atoms with E-state index in [4.69, 9.17) is 22.1 Å². The van der Waals surface area contributed by atoms with Gasteiger partial charge in [-0.1, -0.05) is 41.9 Å². The molecule has 0 aliphatic heterocycles. The number of nitrogens with two attached hydrogens (primary N) is 1. The van der Waals surface area contributed by atoms with Crippen LogP contribution in [0.15, 0.2) is 48.5 Å². The van der Waals surface area contributed by atoms with E-state index in [0.29, 0.717) is 53.8 Å². The Kier molecular flexibility index (Phi) is 5.78. The molecule has 30 heavy (non-hydrogen) atoms. The zero-order valence-electron chi connectivity index (χ0n) is 16.3. The van der Waals surface area contributed by atoms with Gasteiger partial charge in [-0.2, -0.15) is 4.98 Å². The Bertz CT molecular complexity index is 1180. The minimum absolute atomic E-state index is 0.00315. The summed E-state index contributed by atoms with van der Waals surface area (Å²) in [4.78, 5) is 9.10. The van der Waals surface area contributed by atoms with Gasteiger partial charge in [-0.15, -0.1) is 5.10 Å². The Balaban J connectivity index is 1.84. The van der Waals surface area contributed by atoms with Crippen molar-refractivity contribution in [3.8, 4) is 11.3 Å². The minimum atomic E-state index is -0.503. The fourth-order valence-electron chi connectivity index (χ4n) is 3.13. The van der Waals surface area contributed by atoms with Crippen molar-refractivity contribution in [3.05, 3.63) is 64.9 Å². The van der Waals surface area contributed by atoms with E-state index in [1.165, 1.54) is 12.1 Å². The van der Waals surface area contributed by atoms with Crippen LogP contribution in [0.2, 0.25) is 5.02 Å². The highest BCUT2D eigenvalue weighted by Crippen LogP contribution is 2.33. The van der Waals surface area contributed by atoms with Gasteiger partial charge in [-0.25, -0.2) is 14.1 Å². The number of methoxy groups -OCH3 is 1.